The van der Waals surface area contributed by atoms with Gasteiger partial charge in [0.05, 0.1) is 23.7 Å². The van der Waals surface area contributed by atoms with E-state index < -0.39 is 5.97 Å². The van der Waals surface area contributed by atoms with Crippen LogP contribution in [0.5, 0.6) is 0 Å². The minimum Gasteiger partial charge on any atom is -0.481 e. The Balaban J connectivity index is 1.72. The number of thiazole rings is 1. The van der Waals surface area contributed by atoms with E-state index in [-0.39, 0.29) is 17.9 Å². The van der Waals surface area contributed by atoms with Gasteiger partial charge in [-0.2, -0.15) is 0 Å². The van der Waals surface area contributed by atoms with E-state index in [0.717, 1.165) is 25.0 Å². The topological polar surface area (TPSA) is 91.3 Å². The number of carbonyl (C=O) groups is 2. The molecule has 0 aliphatic heterocycles. The molecule has 1 heterocycles. The Labute approximate surface area is 121 Å². The van der Waals surface area contributed by atoms with E-state index in [9.17, 15) is 9.59 Å². The van der Waals surface area contributed by atoms with Gasteiger partial charge in [0.1, 0.15) is 0 Å². The van der Waals surface area contributed by atoms with E-state index in [2.05, 4.69) is 15.6 Å². The van der Waals surface area contributed by atoms with E-state index in [0.29, 0.717) is 19.5 Å². The third kappa shape index (κ3) is 4.19. The molecule has 2 amide bonds. The van der Waals surface area contributed by atoms with Crippen molar-refractivity contribution in [3.05, 3.63) is 16.6 Å². The van der Waals surface area contributed by atoms with Gasteiger partial charge in [0.2, 0.25) is 0 Å². The molecule has 1 aliphatic rings. The molecule has 0 bridgehead atoms. The van der Waals surface area contributed by atoms with Crippen LogP contribution in [-0.4, -0.2) is 28.6 Å². The summed E-state index contributed by atoms with van der Waals surface area (Å²) in [5.41, 5.74) is 2.54. The number of hydrogen-bond donors (Lipinski definition) is 3. The lowest BCUT2D eigenvalue weighted by atomic mass is 9.79. The van der Waals surface area contributed by atoms with Crippen molar-refractivity contribution in [1.82, 2.24) is 15.6 Å². The summed E-state index contributed by atoms with van der Waals surface area (Å²) in [5.74, 6) is -1.05. The van der Waals surface area contributed by atoms with Crippen molar-refractivity contribution in [2.45, 2.75) is 32.2 Å². The van der Waals surface area contributed by atoms with E-state index >= 15 is 0 Å². The first-order chi connectivity index (χ1) is 9.66. The van der Waals surface area contributed by atoms with Gasteiger partial charge in [-0.25, -0.2) is 9.78 Å². The lowest BCUT2D eigenvalue weighted by Gasteiger charge is -2.28. The molecule has 0 saturated heterocycles. The molecule has 0 spiro atoms. The predicted molar refractivity (Wildman–Crippen MR) is 75.4 cm³/mol. The largest absolute Gasteiger partial charge is 0.481 e. The van der Waals surface area contributed by atoms with Crippen LogP contribution in [0.2, 0.25) is 0 Å². The first kappa shape index (κ1) is 14.8. The molecule has 0 radical (unpaired) electrons. The zero-order valence-electron chi connectivity index (χ0n) is 11.2. The van der Waals surface area contributed by atoms with E-state index in [1.165, 1.54) is 11.3 Å². The summed E-state index contributed by atoms with van der Waals surface area (Å²) in [5, 5.41) is 16.5. The number of aliphatic carboxylic acids is 1. The zero-order chi connectivity index (χ0) is 14.4. The Hall–Kier alpha value is -1.63. The van der Waals surface area contributed by atoms with Crippen molar-refractivity contribution < 1.29 is 14.7 Å². The van der Waals surface area contributed by atoms with Gasteiger partial charge in [-0.3, -0.25) is 4.79 Å². The van der Waals surface area contributed by atoms with Gasteiger partial charge in [-0.15, -0.1) is 11.3 Å². The second-order valence-electron chi connectivity index (χ2n) is 5.03. The number of rotatable bonds is 5. The zero-order valence-corrected chi connectivity index (χ0v) is 12.0. The van der Waals surface area contributed by atoms with Crippen LogP contribution in [0.25, 0.3) is 0 Å². The Morgan fingerprint density at radius 1 is 1.35 bits per heavy atom. The number of nitrogens with one attached hydrogen (secondary N) is 2. The second kappa shape index (κ2) is 7.23. The average molecular weight is 297 g/mol. The van der Waals surface area contributed by atoms with Crippen LogP contribution < -0.4 is 10.6 Å². The number of carbonyl (C=O) groups excluding carboxylic acids is 1. The van der Waals surface area contributed by atoms with Gasteiger partial charge in [-0.05, 0) is 18.8 Å². The van der Waals surface area contributed by atoms with Crippen LogP contribution in [0.15, 0.2) is 10.9 Å². The molecule has 3 N–H and O–H groups in total. The summed E-state index contributed by atoms with van der Waals surface area (Å²) >= 11 is 1.48. The van der Waals surface area contributed by atoms with Crippen molar-refractivity contribution in [3.8, 4) is 0 Å². The summed E-state index contributed by atoms with van der Waals surface area (Å²) < 4.78 is 0. The molecule has 2 atom stereocenters. The number of nitrogens with zero attached hydrogens (tertiary/aromatic N) is 1. The summed E-state index contributed by atoms with van der Waals surface area (Å²) in [6.07, 6.45) is 3.57. The van der Waals surface area contributed by atoms with Crippen molar-refractivity contribution in [3.63, 3.8) is 0 Å². The third-order valence-electron chi connectivity index (χ3n) is 3.66. The van der Waals surface area contributed by atoms with Gasteiger partial charge in [0, 0.05) is 11.9 Å². The highest BCUT2D eigenvalue weighted by Crippen LogP contribution is 2.29. The molecular formula is C13H19N3O3S. The van der Waals surface area contributed by atoms with E-state index in [4.69, 9.17) is 5.11 Å². The van der Waals surface area contributed by atoms with Crippen LogP contribution in [0.4, 0.5) is 4.79 Å². The Bertz CT molecular complexity index is 450. The quantitative estimate of drug-likeness (QED) is 0.773. The molecule has 2 unspecified atom stereocenters. The molecular weight excluding hydrogens is 278 g/mol. The monoisotopic (exact) mass is 297 g/mol. The summed E-state index contributed by atoms with van der Waals surface area (Å²) in [6, 6.07) is -0.271. The highest BCUT2D eigenvalue weighted by Gasteiger charge is 2.30. The first-order valence-electron chi connectivity index (χ1n) is 6.78. The van der Waals surface area contributed by atoms with Crippen molar-refractivity contribution in [2.24, 2.45) is 11.8 Å². The average Bonchev–Trinajstić information content (AvgIpc) is 2.96. The number of aromatic nitrogens is 1. The molecule has 20 heavy (non-hydrogen) atoms. The maximum Gasteiger partial charge on any atom is 0.315 e. The molecule has 1 aliphatic carbocycles. The van der Waals surface area contributed by atoms with Crippen molar-refractivity contribution in [2.75, 3.05) is 6.54 Å². The third-order valence-corrected chi connectivity index (χ3v) is 4.30. The molecule has 1 aromatic rings. The number of urea groups is 1. The van der Waals surface area contributed by atoms with Gasteiger partial charge in [0.15, 0.2) is 0 Å². The van der Waals surface area contributed by atoms with Gasteiger partial charge in [-0.1, -0.05) is 12.8 Å². The number of hydrogen-bond acceptors (Lipinski definition) is 4. The minimum atomic E-state index is -0.751. The number of amides is 2. The predicted octanol–water partition coefficient (Wildman–Crippen LogP) is 1.83. The molecule has 7 heteroatoms. The van der Waals surface area contributed by atoms with Gasteiger partial charge < -0.3 is 15.7 Å². The number of carboxylic acids is 1. The smallest absolute Gasteiger partial charge is 0.315 e. The minimum absolute atomic E-state index is 0.0336. The van der Waals surface area contributed by atoms with Gasteiger partial charge >= 0.3 is 12.0 Å². The maximum atomic E-state index is 11.7. The molecule has 2 rings (SSSR count). The standard InChI is InChI=1S/C13H19N3O3S/c17-12(18)11-4-2-1-3-9(11)5-14-13(19)15-6-10-7-20-8-16-10/h7-9,11H,1-6H2,(H,17,18)(H2,14,15,19). The normalized spacial score (nSPS) is 22.2. The fraction of sp³-hybridized carbons (Fsp3) is 0.615. The fourth-order valence-electron chi connectivity index (χ4n) is 2.56. The summed E-state index contributed by atoms with van der Waals surface area (Å²) in [4.78, 5) is 26.9. The SMILES string of the molecule is O=C(NCc1cscn1)NCC1CCCCC1C(=O)O. The van der Waals surface area contributed by atoms with Crippen molar-refractivity contribution in [1.29, 1.82) is 0 Å². The van der Waals surface area contributed by atoms with Gasteiger partial charge in [0.25, 0.3) is 0 Å². The highest BCUT2D eigenvalue weighted by atomic mass is 32.1. The second-order valence-corrected chi connectivity index (χ2v) is 5.75. The van der Waals surface area contributed by atoms with E-state index in [1.54, 1.807) is 5.51 Å². The molecule has 6 nitrogen and oxygen atoms in total. The first-order valence-corrected chi connectivity index (χ1v) is 7.72. The van der Waals surface area contributed by atoms with Crippen LogP contribution in [0.1, 0.15) is 31.4 Å². The van der Waals surface area contributed by atoms with Crippen molar-refractivity contribution >= 4 is 23.3 Å². The lowest BCUT2D eigenvalue weighted by Crippen LogP contribution is -2.41. The Morgan fingerprint density at radius 3 is 2.85 bits per heavy atom. The molecule has 110 valence electrons. The van der Waals surface area contributed by atoms with Crippen LogP contribution in [-0.2, 0) is 11.3 Å². The van der Waals surface area contributed by atoms with Crippen LogP contribution in [0, 0.1) is 11.8 Å². The molecule has 0 aromatic carbocycles. The lowest BCUT2D eigenvalue weighted by molar-refractivity contribution is -0.144. The maximum absolute atomic E-state index is 11.7. The highest BCUT2D eigenvalue weighted by molar-refractivity contribution is 7.07. The number of carboxylic acid groups (broad SMARTS) is 1. The fourth-order valence-corrected chi connectivity index (χ4v) is 3.12. The Morgan fingerprint density at radius 2 is 2.15 bits per heavy atom. The van der Waals surface area contributed by atoms with Crippen LogP contribution >= 0.6 is 11.3 Å². The van der Waals surface area contributed by atoms with Crippen LogP contribution in [0.3, 0.4) is 0 Å². The van der Waals surface area contributed by atoms with E-state index in [1.807, 2.05) is 5.38 Å². The summed E-state index contributed by atoms with van der Waals surface area (Å²) in [7, 11) is 0. The summed E-state index contributed by atoms with van der Waals surface area (Å²) in [6.45, 7) is 0.808. The molecule has 1 saturated carbocycles. The Kier molecular flexibility index (Phi) is 5.34. The molecule has 1 fully saturated rings. The molecule has 1 aromatic heterocycles.